The third-order valence-corrected chi connectivity index (χ3v) is 3.98. The van der Waals surface area contributed by atoms with Crippen LogP contribution in [-0.2, 0) is 0 Å². The zero-order valence-corrected chi connectivity index (χ0v) is 10.6. The molecule has 2 aromatic rings. The Balaban J connectivity index is 2.13. The summed E-state index contributed by atoms with van der Waals surface area (Å²) in [5, 5.41) is 0.594. The van der Waals surface area contributed by atoms with Gasteiger partial charge in [-0.25, -0.2) is 4.98 Å². The minimum absolute atomic E-state index is 0.594. The molecule has 17 heavy (non-hydrogen) atoms. The normalized spacial score (nSPS) is 15.7. The third-order valence-electron chi connectivity index (χ3n) is 3.15. The molecular formula is C12H15N3OS. The zero-order chi connectivity index (χ0) is 11.8. The van der Waals surface area contributed by atoms with Gasteiger partial charge in [-0.15, -0.1) is 0 Å². The molecule has 3 rings (SSSR count). The number of nitrogens with zero attached hydrogens (tertiary/aromatic N) is 2. The lowest BCUT2D eigenvalue weighted by molar-refractivity contribution is 0.419. The van der Waals surface area contributed by atoms with Crippen LogP contribution in [0.4, 0.5) is 10.8 Å². The van der Waals surface area contributed by atoms with E-state index in [0.717, 1.165) is 29.1 Å². The molecule has 0 atom stereocenters. The highest BCUT2D eigenvalue weighted by Gasteiger charge is 2.16. The molecule has 0 bridgehead atoms. The number of fused-ring (bicyclic) bond motifs is 1. The summed E-state index contributed by atoms with van der Waals surface area (Å²) >= 11 is 1.51. The van der Waals surface area contributed by atoms with Gasteiger partial charge in [-0.05, 0) is 18.9 Å². The average molecular weight is 249 g/mol. The average Bonchev–Trinajstić information content (AvgIpc) is 2.94. The van der Waals surface area contributed by atoms with Crippen LogP contribution in [-0.4, -0.2) is 25.2 Å². The number of methoxy groups -OCH3 is 1. The molecule has 1 fully saturated rings. The first-order valence-electron chi connectivity index (χ1n) is 5.77. The fourth-order valence-electron chi connectivity index (χ4n) is 2.32. The number of ether oxygens (including phenoxy) is 1. The van der Waals surface area contributed by atoms with Crippen LogP contribution in [0.3, 0.4) is 0 Å². The van der Waals surface area contributed by atoms with Crippen molar-refractivity contribution in [2.45, 2.75) is 12.8 Å². The van der Waals surface area contributed by atoms with Gasteiger partial charge in [0.15, 0.2) is 5.13 Å². The second-order valence-corrected chi connectivity index (χ2v) is 5.30. The maximum absolute atomic E-state index is 5.76. The Bertz CT molecular complexity index is 546. The summed E-state index contributed by atoms with van der Waals surface area (Å²) in [5.41, 5.74) is 7.85. The van der Waals surface area contributed by atoms with Gasteiger partial charge in [0.25, 0.3) is 0 Å². The van der Waals surface area contributed by atoms with Crippen molar-refractivity contribution >= 4 is 32.4 Å². The number of rotatable bonds is 2. The van der Waals surface area contributed by atoms with Gasteiger partial charge in [0.05, 0.1) is 11.8 Å². The lowest BCUT2D eigenvalue weighted by Crippen LogP contribution is -2.17. The Labute approximate surface area is 104 Å². The van der Waals surface area contributed by atoms with E-state index in [0.29, 0.717) is 5.13 Å². The molecule has 1 aromatic carbocycles. The van der Waals surface area contributed by atoms with E-state index in [1.165, 1.54) is 29.9 Å². The van der Waals surface area contributed by atoms with Gasteiger partial charge in [0, 0.05) is 24.8 Å². The van der Waals surface area contributed by atoms with Crippen molar-refractivity contribution in [3.05, 3.63) is 12.1 Å². The van der Waals surface area contributed by atoms with Crippen molar-refractivity contribution in [3.63, 3.8) is 0 Å². The monoisotopic (exact) mass is 249 g/mol. The Morgan fingerprint density at radius 1 is 1.35 bits per heavy atom. The van der Waals surface area contributed by atoms with Crippen molar-refractivity contribution in [3.8, 4) is 5.75 Å². The Kier molecular flexibility index (Phi) is 2.55. The van der Waals surface area contributed by atoms with E-state index < -0.39 is 0 Å². The van der Waals surface area contributed by atoms with Crippen molar-refractivity contribution < 1.29 is 4.74 Å². The lowest BCUT2D eigenvalue weighted by Gasteiger charge is -2.18. The summed E-state index contributed by atoms with van der Waals surface area (Å²) in [7, 11) is 1.68. The number of nitrogen functional groups attached to an aromatic ring is 1. The van der Waals surface area contributed by atoms with Crippen molar-refractivity contribution in [1.29, 1.82) is 0 Å². The standard InChI is InChI=1S/C12H15N3OS/c1-16-9-6-8(15-4-2-3-5-15)7-10-11(9)14-12(13)17-10/h6-7H,2-5H2,1H3,(H2,13,14). The first-order valence-corrected chi connectivity index (χ1v) is 6.58. The number of benzene rings is 1. The molecule has 0 spiro atoms. The topological polar surface area (TPSA) is 51.4 Å². The maximum Gasteiger partial charge on any atom is 0.181 e. The van der Waals surface area contributed by atoms with Gasteiger partial charge < -0.3 is 15.4 Å². The first kappa shape index (κ1) is 10.7. The molecule has 5 heteroatoms. The second-order valence-electron chi connectivity index (χ2n) is 4.24. The number of anilines is 2. The second kappa shape index (κ2) is 4.07. The van der Waals surface area contributed by atoms with Crippen molar-refractivity contribution in [2.24, 2.45) is 0 Å². The van der Waals surface area contributed by atoms with E-state index in [2.05, 4.69) is 22.0 Å². The molecule has 1 aliphatic rings. The molecule has 1 saturated heterocycles. The number of aromatic nitrogens is 1. The smallest absolute Gasteiger partial charge is 0.181 e. The number of nitrogens with two attached hydrogens (primary N) is 1. The Morgan fingerprint density at radius 3 is 2.82 bits per heavy atom. The molecule has 0 radical (unpaired) electrons. The molecule has 1 aromatic heterocycles. The largest absolute Gasteiger partial charge is 0.494 e. The molecule has 1 aliphatic heterocycles. The zero-order valence-electron chi connectivity index (χ0n) is 9.77. The van der Waals surface area contributed by atoms with E-state index in [9.17, 15) is 0 Å². The molecule has 0 unspecified atom stereocenters. The minimum Gasteiger partial charge on any atom is -0.494 e. The molecular weight excluding hydrogens is 234 g/mol. The van der Waals surface area contributed by atoms with E-state index in [1.807, 2.05) is 0 Å². The lowest BCUT2D eigenvalue weighted by atomic mass is 10.2. The fourth-order valence-corrected chi connectivity index (χ4v) is 3.10. The SMILES string of the molecule is COc1cc(N2CCCC2)cc2sc(N)nc12. The third kappa shape index (κ3) is 1.80. The summed E-state index contributed by atoms with van der Waals surface area (Å²) in [6.07, 6.45) is 2.54. The number of hydrogen-bond acceptors (Lipinski definition) is 5. The van der Waals surface area contributed by atoms with Gasteiger partial charge in [-0.2, -0.15) is 0 Å². The minimum atomic E-state index is 0.594. The van der Waals surface area contributed by atoms with E-state index >= 15 is 0 Å². The van der Waals surface area contributed by atoms with Crippen LogP contribution in [0.25, 0.3) is 10.2 Å². The van der Waals surface area contributed by atoms with Gasteiger partial charge >= 0.3 is 0 Å². The van der Waals surface area contributed by atoms with Gasteiger partial charge in [0.2, 0.25) is 0 Å². The van der Waals surface area contributed by atoms with Crippen LogP contribution in [0.2, 0.25) is 0 Å². The van der Waals surface area contributed by atoms with Crippen LogP contribution in [0, 0.1) is 0 Å². The summed E-state index contributed by atoms with van der Waals surface area (Å²) < 4.78 is 6.50. The quantitative estimate of drug-likeness (QED) is 0.888. The Hall–Kier alpha value is -1.49. The van der Waals surface area contributed by atoms with Crippen LogP contribution >= 0.6 is 11.3 Å². The van der Waals surface area contributed by atoms with Gasteiger partial charge in [-0.1, -0.05) is 11.3 Å². The summed E-state index contributed by atoms with van der Waals surface area (Å²) in [5.74, 6) is 0.817. The van der Waals surface area contributed by atoms with Crippen molar-refractivity contribution in [1.82, 2.24) is 4.98 Å². The molecule has 0 amide bonds. The van der Waals surface area contributed by atoms with E-state index in [1.54, 1.807) is 7.11 Å². The maximum atomic E-state index is 5.76. The highest BCUT2D eigenvalue weighted by Crippen LogP contribution is 2.36. The highest BCUT2D eigenvalue weighted by atomic mass is 32.1. The summed E-state index contributed by atoms with van der Waals surface area (Å²) in [4.78, 5) is 6.69. The van der Waals surface area contributed by atoms with Crippen LogP contribution in [0.5, 0.6) is 5.75 Å². The van der Waals surface area contributed by atoms with E-state index in [-0.39, 0.29) is 0 Å². The molecule has 0 aliphatic carbocycles. The van der Waals surface area contributed by atoms with Crippen molar-refractivity contribution in [2.75, 3.05) is 30.8 Å². The fraction of sp³-hybridized carbons (Fsp3) is 0.417. The predicted molar refractivity (Wildman–Crippen MR) is 72.0 cm³/mol. The highest BCUT2D eigenvalue weighted by molar-refractivity contribution is 7.22. The molecule has 0 saturated carbocycles. The number of thiazole rings is 1. The number of hydrogen-bond donors (Lipinski definition) is 1. The van der Waals surface area contributed by atoms with Crippen LogP contribution in [0.15, 0.2) is 12.1 Å². The molecule has 2 N–H and O–H groups in total. The Morgan fingerprint density at radius 2 is 2.12 bits per heavy atom. The summed E-state index contributed by atoms with van der Waals surface area (Å²) in [6, 6.07) is 4.23. The first-order chi connectivity index (χ1) is 8.28. The van der Waals surface area contributed by atoms with E-state index in [4.69, 9.17) is 10.5 Å². The predicted octanol–water partition coefficient (Wildman–Crippen LogP) is 2.49. The molecule has 2 heterocycles. The summed E-state index contributed by atoms with van der Waals surface area (Å²) in [6.45, 7) is 2.26. The molecule has 4 nitrogen and oxygen atoms in total. The van der Waals surface area contributed by atoms with Crippen LogP contribution in [0.1, 0.15) is 12.8 Å². The molecule has 90 valence electrons. The van der Waals surface area contributed by atoms with Gasteiger partial charge in [0.1, 0.15) is 11.3 Å². The van der Waals surface area contributed by atoms with Crippen LogP contribution < -0.4 is 15.4 Å². The van der Waals surface area contributed by atoms with Gasteiger partial charge in [-0.3, -0.25) is 0 Å².